The van der Waals surface area contributed by atoms with Crippen molar-refractivity contribution >= 4 is 16.7 Å². The van der Waals surface area contributed by atoms with E-state index in [0.717, 1.165) is 61.8 Å². The monoisotopic (exact) mass is 311 g/mol. The van der Waals surface area contributed by atoms with Gasteiger partial charge in [-0.3, -0.25) is 4.79 Å². The van der Waals surface area contributed by atoms with Crippen LogP contribution >= 0.6 is 0 Å². The molecule has 0 aliphatic carbocycles. The zero-order valence-electron chi connectivity index (χ0n) is 13.5. The highest BCUT2D eigenvalue weighted by Gasteiger charge is 2.24. The Morgan fingerprint density at radius 3 is 2.87 bits per heavy atom. The summed E-state index contributed by atoms with van der Waals surface area (Å²) in [6, 6.07) is 14.4. The fourth-order valence-electron chi connectivity index (χ4n) is 3.32. The summed E-state index contributed by atoms with van der Waals surface area (Å²) in [7, 11) is 0. The second-order valence-corrected chi connectivity index (χ2v) is 6.21. The number of rotatable bonds is 5. The standard InChI is InChI=1S/C19H25N3O/c20-11-4-3-8-16-14-22(13-12-21-16)19(23)18-10-5-7-15-6-1-2-9-17(15)18/h1-2,5-7,9-10,16,21H,3-4,8,11-14,20H2. The SMILES string of the molecule is NCCCCC1CN(C(=O)c2cccc3ccccc23)CCN1. The Morgan fingerprint density at radius 2 is 2.00 bits per heavy atom. The lowest BCUT2D eigenvalue weighted by Crippen LogP contribution is -2.52. The number of fused-ring (bicyclic) bond motifs is 1. The van der Waals surface area contributed by atoms with E-state index < -0.39 is 0 Å². The van der Waals surface area contributed by atoms with Gasteiger partial charge in [-0.2, -0.15) is 0 Å². The highest BCUT2D eigenvalue weighted by Crippen LogP contribution is 2.21. The van der Waals surface area contributed by atoms with Gasteiger partial charge in [0.05, 0.1) is 0 Å². The maximum atomic E-state index is 13.0. The number of amides is 1. The van der Waals surface area contributed by atoms with Crippen molar-refractivity contribution in [2.45, 2.75) is 25.3 Å². The molecule has 1 atom stereocenters. The number of carbonyl (C=O) groups excluding carboxylic acids is 1. The number of nitrogens with one attached hydrogen (secondary N) is 1. The van der Waals surface area contributed by atoms with Crippen LogP contribution in [0.15, 0.2) is 42.5 Å². The van der Waals surface area contributed by atoms with Crippen LogP contribution in [-0.2, 0) is 0 Å². The third kappa shape index (κ3) is 3.71. The minimum absolute atomic E-state index is 0.145. The quantitative estimate of drug-likeness (QED) is 0.834. The molecule has 0 bridgehead atoms. The van der Waals surface area contributed by atoms with E-state index in [2.05, 4.69) is 17.4 Å². The lowest BCUT2D eigenvalue weighted by Gasteiger charge is -2.34. The Balaban J connectivity index is 1.74. The summed E-state index contributed by atoms with van der Waals surface area (Å²) < 4.78 is 0. The van der Waals surface area contributed by atoms with Gasteiger partial charge in [0.1, 0.15) is 0 Å². The largest absolute Gasteiger partial charge is 0.336 e. The first kappa shape index (κ1) is 16.0. The van der Waals surface area contributed by atoms with E-state index in [9.17, 15) is 4.79 Å². The number of hydrogen-bond acceptors (Lipinski definition) is 3. The minimum atomic E-state index is 0.145. The van der Waals surface area contributed by atoms with E-state index >= 15 is 0 Å². The number of piperazine rings is 1. The normalized spacial score (nSPS) is 18.3. The molecule has 1 aliphatic rings. The third-order valence-electron chi connectivity index (χ3n) is 4.57. The van der Waals surface area contributed by atoms with E-state index in [1.54, 1.807) is 0 Å². The highest BCUT2D eigenvalue weighted by molar-refractivity contribution is 6.07. The molecule has 122 valence electrons. The lowest BCUT2D eigenvalue weighted by molar-refractivity contribution is 0.0700. The van der Waals surface area contributed by atoms with Gasteiger partial charge in [0.2, 0.25) is 0 Å². The molecule has 1 heterocycles. The Labute approximate surface area is 137 Å². The van der Waals surface area contributed by atoms with Crippen molar-refractivity contribution < 1.29 is 4.79 Å². The first-order valence-corrected chi connectivity index (χ1v) is 8.50. The summed E-state index contributed by atoms with van der Waals surface area (Å²) in [5, 5.41) is 5.68. The van der Waals surface area contributed by atoms with Crippen LogP contribution in [0.5, 0.6) is 0 Å². The van der Waals surface area contributed by atoms with Crippen molar-refractivity contribution in [2.75, 3.05) is 26.2 Å². The van der Waals surface area contributed by atoms with Gasteiger partial charge in [0.15, 0.2) is 0 Å². The summed E-state index contributed by atoms with van der Waals surface area (Å²) in [4.78, 5) is 15.0. The van der Waals surface area contributed by atoms with Crippen molar-refractivity contribution in [3.63, 3.8) is 0 Å². The molecule has 23 heavy (non-hydrogen) atoms. The number of benzene rings is 2. The Morgan fingerprint density at radius 1 is 1.17 bits per heavy atom. The minimum Gasteiger partial charge on any atom is -0.336 e. The average Bonchev–Trinajstić information content (AvgIpc) is 2.61. The Kier molecular flexibility index (Phi) is 5.26. The molecule has 1 fully saturated rings. The molecule has 1 saturated heterocycles. The molecule has 4 nitrogen and oxygen atoms in total. The number of nitrogens with zero attached hydrogens (tertiary/aromatic N) is 1. The molecule has 2 aromatic rings. The van der Waals surface area contributed by atoms with Crippen molar-refractivity contribution in [1.82, 2.24) is 10.2 Å². The van der Waals surface area contributed by atoms with Gasteiger partial charge >= 0.3 is 0 Å². The summed E-state index contributed by atoms with van der Waals surface area (Å²) in [5.74, 6) is 0.145. The predicted molar refractivity (Wildman–Crippen MR) is 94.5 cm³/mol. The van der Waals surface area contributed by atoms with Crippen LogP contribution in [-0.4, -0.2) is 43.0 Å². The zero-order valence-corrected chi connectivity index (χ0v) is 13.5. The number of nitrogens with two attached hydrogens (primary N) is 1. The topological polar surface area (TPSA) is 58.4 Å². The molecule has 0 saturated carbocycles. The summed E-state index contributed by atoms with van der Waals surface area (Å²) >= 11 is 0. The molecule has 4 heteroatoms. The number of hydrogen-bond donors (Lipinski definition) is 2. The van der Waals surface area contributed by atoms with E-state index in [1.807, 2.05) is 35.2 Å². The maximum absolute atomic E-state index is 13.0. The van der Waals surface area contributed by atoms with E-state index in [4.69, 9.17) is 5.73 Å². The van der Waals surface area contributed by atoms with Crippen LogP contribution in [0.25, 0.3) is 10.8 Å². The van der Waals surface area contributed by atoms with Crippen molar-refractivity contribution in [3.8, 4) is 0 Å². The second kappa shape index (κ2) is 7.57. The molecule has 0 aromatic heterocycles. The van der Waals surface area contributed by atoms with Gasteiger partial charge in [0.25, 0.3) is 5.91 Å². The Bertz CT molecular complexity index is 665. The van der Waals surface area contributed by atoms with Gasteiger partial charge in [-0.05, 0) is 36.2 Å². The van der Waals surface area contributed by atoms with Gasteiger partial charge in [-0.1, -0.05) is 42.8 Å². The molecule has 3 N–H and O–H groups in total. The number of carbonyl (C=O) groups is 1. The van der Waals surface area contributed by atoms with Crippen LogP contribution in [0.3, 0.4) is 0 Å². The van der Waals surface area contributed by atoms with Crippen LogP contribution in [0.2, 0.25) is 0 Å². The molecule has 1 unspecified atom stereocenters. The molecular weight excluding hydrogens is 286 g/mol. The summed E-state index contributed by atoms with van der Waals surface area (Å²) in [6.07, 6.45) is 3.25. The van der Waals surface area contributed by atoms with Crippen molar-refractivity contribution in [1.29, 1.82) is 0 Å². The van der Waals surface area contributed by atoms with Gasteiger partial charge in [-0.25, -0.2) is 0 Å². The smallest absolute Gasteiger partial charge is 0.254 e. The molecule has 1 amide bonds. The summed E-state index contributed by atoms with van der Waals surface area (Å²) in [5.41, 5.74) is 6.37. The number of unbranched alkanes of at least 4 members (excludes halogenated alkanes) is 1. The van der Waals surface area contributed by atoms with Gasteiger partial charge in [0, 0.05) is 31.2 Å². The first-order valence-electron chi connectivity index (χ1n) is 8.50. The Hall–Kier alpha value is -1.91. The highest BCUT2D eigenvalue weighted by atomic mass is 16.2. The van der Waals surface area contributed by atoms with Crippen LogP contribution in [0.1, 0.15) is 29.6 Å². The maximum Gasteiger partial charge on any atom is 0.254 e. The van der Waals surface area contributed by atoms with Crippen molar-refractivity contribution in [3.05, 3.63) is 48.0 Å². The molecule has 0 radical (unpaired) electrons. The molecule has 1 aliphatic heterocycles. The predicted octanol–water partition coefficient (Wildman–Crippen LogP) is 2.38. The molecule has 0 spiro atoms. The zero-order chi connectivity index (χ0) is 16.1. The van der Waals surface area contributed by atoms with Crippen LogP contribution in [0.4, 0.5) is 0 Å². The average molecular weight is 311 g/mol. The molecular formula is C19H25N3O. The summed E-state index contributed by atoms with van der Waals surface area (Å²) in [6.45, 7) is 3.16. The van der Waals surface area contributed by atoms with Crippen LogP contribution in [0, 0.1) is 0 Å². The lowest BCUT2D eigenvalue weighted by atomic mass is 10.0. The van der Waals surface area contributed by atoms with Gasteiger partial charge < -0.3 is 16.0 Å². The van der Waals surface area contributed by atoms with Gasteiger partial charge in [-0.15, -0.1) is 0 Å². The fraction of sp³-hybridized carbons (Fsp3) is 0.421. The van der Waals surface area contributed by atoms with Crippen LogP contribution < -0.4 is 11.1 Å². The van der Waals surface area contributed by atoms with E-state index in [1.165, 1.54) is 0 Å². The van der Waals surface area contributed by atoms with Crippen molar-refractivity contribution in [2.24, 2.45) is 5.73 Å². The van der Waals surface area contributed by atoms with E-state index in [0.29, 0.717) is 6.04 Å². The molecule has 3 rings (SSSR count). The molecule has 2 aromatic carbocycles. The van der Waals surface area contributed by atoms with E-state index in [-0.39, 0.29) is 5.91 Å². The first-order chi connectivity index (χ1) is 11.3. The third-order valence-corrected chi connectivity index (χ3v) is 4.57. The second-order valence-electron chi connectivity index (χ2n) is 6.21. The fourth-order valence-corrected chi connectivity index (χ4v) is 3.32.